The predicted molar refractivity (Wildman–Crippen MR) is 92.7 cm³/mol. The molecule has 0 amide bonds. The normalized spacial score (nSPS) is 11.3. The molecule has 0 saturated heterocycles. The zero-order valence-electron chi connectivity index (χ0n) is 13.8. The van der Waals surface area contributed by atoms with Crippen molar-refractivity contribution in [3.63, 3.8) is 0 Å². The molecule has 7 heteroatoms. The third kappa shape index (κ3) is 9.84. The molecule has 0 unspecified atom stereocenters. The van der Waals surface area contributed by atoms with E-state index in [1.54, 1.807) is 19.1 Å². The highest BCUT2D eigenvalue weighted by molar-refractivity contribution is 6.29. The summed E-state index contributed by atoms with van der Waals surface area (Å²) in [7, 11) is 0. The Morgan fingerprint density at radius 2 is 1.96 bits per heavy atom. The first kappa shape index (κ1) is 19.4. The summed E-state index contributed by atoms with van der Waals surface area (Å²) in [6.07, 6.45) is 7.17. The maximum Gasteiger partial charge on any atom is 0.311 e. The predicted octanol–water partition coefficient (Wildman–Crippen LogP) is 4.21. The molecule has 1 heterocycles. The minimum atomic E-state index is -0.260. The summed E-state index contributed by atoms with van der Waals surface area (Å²) in [4.78, 5) is 11.7. The van der Waals surface area contributed by atoms with Crippen LogP contribution in [0.15, 0.2) is 17.2 Å². The quantitative estimate of drug-likeness (QED) is 0.282. The second kappa shape index (κ2) is 11.8. The van der Waals surface area contributed by atoms with Crippen molar-refractivity contribution in [1.82, 2.24) is 10.2 Å². The van der Waals surface area contributed by atoms with Crippen LogP contribution in [0.1, 0.15) is 58.8 Å². The van der Waals surface area contributed by atoms with Gasteiger partial charge in [-0.1, -0.05) is 50.6 Å². The topological polar surface area (TPSA) is 76.5 Å². The number of hydrogen-bond acceptors (Lipinski definition) is 6. The molecule has 1 aromatic rings. The van der Waals surface area contributed by atoms with Gasteiger partial charge in [0.25, 0.3) is 0 Å². The Hall–Kier alpha value is -1.69. The highest BCUT2D eigenvalue weighted by atomic mass is 35.5. The van der Waals surface area contributed by atoms with Gasteiger partial charge >= 0.3 is 5.97 Å². The van der Waals surface area contributed by atoms with Crippen LogP contribution in [-0.4, -0.2) is 28.5 Å². The molecule has 0 aliphatic carbocycles. The number of carbonyl (C=O) groups is 1. The zero-order valence-corrected chi connectivity index (χ0v) is 14.6. The highest BCUT2D eigenvalue weighted by Gasteiger charge is 2.05. The lowest BCUT2D eigenvalue weighted by atomic mass is 10.1. The second-order valence-electron chi connectivity index (χ2n) is 5.37. The van der Waals surface area contributed by atoms with E-state index in [4.69, 9.17) is 16.3 Å². The number of carbonyl (C=O) groups excluding carboxylic acids is 1. The molecule has 0 aliphatic heterocycles. The zero-order chi connectivity index (χ0) is 16.9. The minimum Gasteiger partial charge on any atom is -0.465 e. The van der Waals surface area contributed by atoms with E-state index < -0.39 is 0 Å². The summed E-state index contributed by atoms with van der Waals surface area (Å²) < 4.78 is 5.19. The van der Waals surface area contributed by atoms with E-state index in [-0.39, 0.29) is 12.4 Å². The monoisotopic (exact) mass is 340 g/mol. The third-order valence-electron chi connectivity index (χ3n) is 3.15. The van der Waals surface area contributed by atoms with E-state index >= 15 is 0 Å². The fraction of sp³-hybridized carbons (Fsp3) is 0.625. The standard InChI is InChI=1S/C16H25ClN4O2/c1-3-4-5-6-7-8-11-23-16(22)12-13(2)18-20-15-10-9-14(17)19-21-15/h9-10H,3-8,11-12H2,1-2H3,(H,20,21)/b18-13+. The summed E-state index contributed by atoms with van der Waals surface area (Å²) in [6, 6.07) is 3.26. The molecule has 0 atom stereocenters. The van der Waals surface area contributed by atoms with E-state index in [9.17, 15) is 4.79 Å². The Kier molecular flexibility index (Phi) is 9.95. The first-order valence-electron chi connectivity index (χ1n) is 8.06. The molecule has 0 radical (unpaired) electrons. The molecule has 0 aromatic carbocycles. The lowest BCUT2D eigenvalue weighted by Crippen LogP contribution is -2.11. The number of aromatic nitrogens is 2. The summed E-state index contributed by atoms with van der Waals surface area (Å²) in [5.41, 5.74) is 3.34. The number of anilines is 1. The molecule has 0 fully saturated rings. The van der Waals surface area contributed by atoms with Gasteiger partial charge in [-0.25, -0.2) is 0 Å². The van der Waals surface area contributed by atoms with Crippen LogP contribution >= 0.6 is 11.6 Å². The molecule has 0 bridgehead atoms. The number of hydrogen-bond donors (Lipinski definition) is 1. The van der Waals surface area contributed by atoms with Crippen molar-refractivity contribution in [3.05, 3.63) is 17.3 Å². The van der Waals surface area contributed by atoms with Gasteiger partial charge in [0.1, 0.15) is 0 Å². The summed E-state index contributed by atoms with van der Waals surface area (Å²) >= 11 is 5.64. The maximum absolute atomic E-state index is 11.7. The fourth-order valence-corrected chi connectivity index (χ4v) is 2.00. The van der Waals surface area contributed by atoms with Crippen LogP contribution in [0.25, 0.3) is 0 Å². The van der Waals surface area contributed by atoms with Gasteiger partial charge in [0, 0.05) is 5.71 Å². The van der Waals surface area contributed by atoms with Crippen molar-refractivity contribution in [1.29, 1.82) is 0 Å². The Morgan fingerprint density at radius 1 is 1.22 bits per heavy atom. The third-order valence-corrected chi connectivity index (χ3v) is 3.36. The van der Waals surface area contributed by atoms with Gasteiger partial charge < -0.3 is 4.74 Å². The first-order chi connectivity index (χ1) is 11.1. The molecule has 128 valence electrons. The molecule has 0 saturated carbocycles. The van der Waals surface area contributed by atoms with Crippen molar-refractivity contribution in [3.8, 4) is 0 Å². The lowest BCUT2D eigenvalue weighted by Gasteiger charge is -2.05. The molecule has 0 aliphatic rings. The summed E-state index contributed by atoms with van der Waals surface area (Å²) in [5, 5.41) is 11.9. The average molecular weight is 341 g/mol. The van der Waals surface area contributed by atoms with Gasteiger partial charge in [0.2, 0.25) is 0 Å². The second-order valence-corrected chi connectivity index (χ2v) is 5.75. The molecule has 0 spiro atoms. The number of rotatable bonds is 11. The van der Waals surface area contributed by atoms with E-state index in [1.165, 1.54) is 25.7 Å². The van der Waals surface area contributed by atoms with Crippen molar-refractivity contribution in [2.75, 3.05) is 12.0 Å². The molecular formula is C16H25ClN4O2. The highest BCUT2D eigenvalue weighted by Crippen LogP contribution is 2.07. The number of halogens is 1. The smallest absolute Gasteiger partial charge is 0.311 e. The fourth-order valence-electron chi connectivity index (χ4n) is 1.90. The van der Waals surface area contributed by atoms with Gasteiger partial charge in [-0.2, -0.15) is 5.10 Å². The van der Waals surface area contributed by atoms with Crippen LogP contribution in [0.4, 0.5) is 5.82 Å². The Labute approximate surface area is 142 Å². The van der Waals surface area contributed by atoms with Crippen molar-refractivity contribution >= 4 is 29.1 Å². The molecule has 1 rings (SSSR count). The van der Waals surface area contributed by atoms with Crippen molar-refractivity contribution < 1.29 is 9.53 Å². The Bertz CT molecular complexity index is 491. The van der Waals surface area contributed by atoms with Gasteiger partial charge in [-0.05, 0) is 25.5 Å². The number of esters is 1. The van der Waals surface area contributed by atoms with Crippen LogP contribution in [0, 0.1) is 0 Å². The SMILES string of the molecule is CCCCCCCCOC(=O)C/C(C)=N/Nc1ccc(Cl)nn1. The average Bonchev–Trinajstić information content (AvgIpc) is 2.53. The lowest BCUT2D eigenvalue weighted by molar-refractivity contribution is -0.142. The van der Waals surface area contributed by atoms with Gasteiger partial charge in [-0.15, -0.1) is 10.2 Å². The van der Waals surface area contributed by atoms with Crippen LogP contribution in [-0.2, 0) is 9.53 Å². The molecular weight excluding hydrogens is 316 g/mol. The van der Waals surface area contributed by atoms with Crippen LogP contribution in [0.2, 0.25) is 5.15 Å². The van der Waals surface area contributed by atoms with Crippen LogP contribution in [0.3, 0.4) is 0 Å². The van der Waals surface area contributed by atoms with E-state index in [2.05, 4.69) is 27.6 Å². The maximum atomic E-state index is 11.7. The van der Waals surface area contributed by atoms with Crippen LogP contribution in [0.5, 0.6) is 0 Å². The number of unbranched alkanes of at least 4 members (excludes halogenated alkanes) is 5. The van der Waals surface area contributed by atoms with Crippen molar-refractivity contribution in [2.45, 2.75) is 58.8 Å². The van der Waals surface area contributed by atoms with E-state index in [0.29, 0.717) is 23.3 Å². The van der Waals surface area contributed by atoms with Crippen molar-refractivity contribution in [2.24, 2.45) is 5.10 Å². The molecule has 1 aromatic heterocycles. The van der Waals surface area contributed by atoms with E-state index in [1.807, 2.05) is 0 Å². The Balaban J connectivity index is 2.15. The first-order valence-corrected chi connectivity index (χ1v) is 8.43. The summed E-state index contributed by atoms with van der Waals surface area (Å²) in [6.45, 7) is 4.43. The van der Waals surface area contributed by atoms with Gasteiger partial charge in [-0.3, -0.25) is 10.2 Å². The van der Waals surface area contributed by atoms with E-state index in [0.717, 1.165) is 12.8 Å². The number of hydrazone groups is 1. The number of nitrogens with zero attached hydrogens (tertiary/aromatic N) is 3. The molecule has 1 N–H and O–H groups in total. The largest absolute Gasteiger partial charge is 0.465 e. The van der Waals surface area contributed by atoms with Gasteiger partial charge in [0.15, 0.2) is 11.0 Å². The van der Waals surface area contributed by atoms with Crippen LogP contribution < -0.4 is 5.43 Å². The summed E-state index contributed by atoms with van der Waals surface area (Å²) in [5.74, 6) is 0.206. The molecule has 23 heavy (non-hydrogen) atoms. The number of ether oxygens (including phenoxy) is 1. The molecule has 6 nitrogen and oxygen atoms in total. The Morgan fingerprint density at radius 3 is 2.65 bits per heavy atom. The number of nitrogens with one attached hydrogen (secondary N) is 1. The van der Waals surface area contributed by atoms with Gasteiger partial charge in [0.05, 0.1) is 13.0 Å². The minimum absolute atomic E-state index is 0.157.